The summed E-state index contributed by atoms with van der Waals surface area (Å²) in [5.74, 6) is 0.671. The van der Waals surface area contributed by atoms with Crippen molar-refractivity contribution < 1.29 is 19.0 Å². The van der Waals surface area contributed by atoms with Gasteiger partial charge in [0.1, 0.15) is 6.61 Å². The zero-order valence-electron chi connectivity index (χ0n) is 24.8. The molecule has 9 heteroatoms. The van der Waals surface area contributed by atoms with Gasteiger partial charge in [-0.05, 0) is 62.6 Å². The highest BCUT2D eigenvalue weighted by molar-refractivity contribution is 7.07. The molecule has 1 aliphatic rings. The normalized spacial score (nSPS) is 14.5. The minimum absolute atomic E-state index is 0.217. The fraction of sp³-hybridized carbons (Fsp3) is 0.229. The Labute approximate surface area is 265 Å². The van der Waals surface area contributed by atoms with Gasteiger partial charge in [0, 0.05) is 16.1 Å². The first-order valence-electron chi connectivity index (χ1n) is 14.4. The Morgan fingerprint density at radius 3 is 2.50 bits per heavy atom. The van der Waals surface area contributed by atoms with Crippen molar-refractivity contribution in [3.8, 4) is 11.5 Å². The average Bonchev–Trinajstić information content (AvgIpc) is 3.31. The van der Waals surface area contributed by atoms with Crippen LogP contribution in [-0.4, -0.2) is 23.8 Å². The lowest BCUT2D eigenvalue weighted by atomic mass is 9.96. The van der Waals surface area contributed by atoms with Gasteiger partial charge >= 0.3 is 5.97 Å². The van der Waals surface area contributed by atoms with Crippen molar-refractivity contribution >= 4 is 35.0 Å². The molecule has 7 nitrogen and oxygen atoms in total. The summed E-state index contributed by atoms with van der Waals surface area (Å²) in [6, 6.07) is 20.2. The molecule has 0 N–H and O–H groups in total. The number of hydrogen-bond acceptors (Lipinski definition) is 7. The number of aromatic nitrogens is 1. The standard InChI is InChI=1S/C35H33ClN2O5S/c1-5-13-25-18-23(19-28(41-6-2)32(25)43-21-26-16-11-12-17-27(26)36)20-29-33(39)38-31(24-14-9-8-10-15-24)30(34(40)42-7-3)22(4)37-35(38)44-29/h5,8-12,14-20,31H,1,6-7,13,21H2,2-4H3/b29-20+/t31-/m0/s1. The number of carbonyl (C=O) groups is 1. The summed E-state index contributed by atoms with van der Waals surface area (Å²) >= 11 is 7.64. The minimum Gasteiger partial charge on any atom is -0.490 e. The van der Waals surface area contributed by atoms with Crippen LogP contribution in [-0.2, 0) is 22.6 Å². The van der Waals surface area contributed by atoms with Crippen LogP contribution in [0.3, 0.4) is 0 Å². The zero-order valence-corrected chi connectivity index (χ0v) is 26.4. The number of esters is 1. The molecule has 0 saturated heterocycles. The molecule has 5 rings (SSSR count). The Kier molecular flexibility index (Phi) is 9.82. The van der Waals surface area contributed by atoms with Gasteiger partial charge in [-0.15, -0.1) is 6.58 Å². The number of nitrogens with zero attached hydrogens (tertiary/aromatic N) is 2. The predicted octanol–water partition coefficient (Wildman–Crippen LogP) is 6.16. The molecule has 4 aromatic rings. The van der Waals surface area contributed by atoms with Crippen LogP contribution in [0.2, 0.25) is 5.02 Å². The second-order valence-electron chi connectivity index (χ2n) is 10.0. The molecular formula is C35H33ClN2O5S. The van der Waals surface area contributed by atoms with Gasteiger partial charge in [-0.3, -0.25) is 9.36 Å². The molecule has 44 heavy (non-hydrogen) atoms. The van der Waals surface area contributed by atoms with Gasteiger partial charge in [-0.25, -0.2) is 9.79 Å². The second kappa shape index (κ2) is 13.9. The molecule has 3 aromatic carbocycles. The predicted molar refractivity (Wildman–Crippen MR) is 174 cm³/mol. The van der Waals surface area contributed by atoms with E-state index in [4.69, 9.17) is 25.8 Å². The fourth-order valence-corrected chi connectivity index (χ4v) is 6.40. The Morgan fingerprint density at radius 2 is 1.80 bits per heavy atom. The quantitative estimate of drug-likeness (QED) is 0.147. The SMILES string of the molecule is C=CCc1cc(/C=c2/sc3n(c2=O)[C@@H](c2ccccc2)C(C(=O)OCC)=C(C)N=3)cc(OCC)c1OCc1ccccc1Cl. The summed E-state index contributed by atoms with van der Waals surface area (Å²) in [5, 5.41) is 0.623. The van der Waals surface area contributed by atoms with Crippen molar-refractivity contribution in [1.29, 1.82) is 0 Å². The summed E-state index contributed by atoms with van der Waals surface area (Å²) in [6.07, 6.45) is 4.14. The Morgan fingerprint density at radius 1 is 1.05 bits per heavy atom. The van der Waals surface area contributed by atoms with Gasteiger partial charge in [-0.2, -0.15) is 0 Å². The molecule has 0 unspecified atom stereocenters. The molecule has 0 radical (unpaired) electrons. The first-order chi connectivity index (χ1) is 21.4. The topological polar surface area (TPSA) is 79.1 Å². The maximum Gasteiger partial charge on any atom is 0.338 e. The maximum absolute atomic E-state index is 14.0. The smallest absolute Gasteiger partial charge is 0.338 e. The highest BCUT2D eigenvalue weighted by Gasteiger charge is 2.33. The van der Waals surface area contributed by atoms with E-state index in [0.29, 0.717) is 50.2 Å². The Balaban J connectivity index is 1.62. The van der Waals surface area contributed by atoms with Gasteiger partial charge in [0.15, 0.2) is 16.3 Å². The van der Waals surface area contributed by atoms with Gasteiger partial charge in [0.05, 0.1) is 35.1 Å². The average molecular weight is 629 g/mol. The number of ether oxygens (including phenoxy) is 3. The summed E-state index contributed by atoms with van der Waals surface area (Å²) in [4.78, 5) is 32.3. The van der Waals surface area contributed by atoms with Gasteiger partial charge in [0.25, 0.3) is 5.56 Å². The van der Waals surface area contributed by atoms with E-state index in [-0.39, 0.29) is 18.8 Å². The van der Waals surface area contributed by atoms with E-state index in [2.05, 4.69) is 11.6 Å². The van der Waals surface area contributed by atoms with Crippen molar-refractivity contribution in [2.24, 2.45) is 4.99 Å². The number of fused-ring (bicyclic) bond motifs is 1. The third-order valence-electron chi connectivity index (χ3n) is 7.08. The van der Waals surface area contributed by atoms with Crippen LogP contribution in [0.1, 0.15) is 49.1 Å². The Bertz CT molecular complexity index is 1910. The van der Waals surface area contributed by atoms with Crippen LogP contribution < -0.4 is 24.4 Å². The lowest BCUT2D eigenvalue weighted by Gasteiger charge is -2.24. The second-order valence-corrected chi connectivity index (χ2v) is 11.4. The van der Waals surface area contributed by atoms with Crippen LogP contribution >= 0.6 is 22.9 Å². The first-order valence-corrected chi connectivity index (χ1v) is 15.6. The fourth-order valence-electron chi connectivity index (χ4n) is 5.16. The molecule has 0 fully saturated rings. The van der Waals surface area contributed by atoms with Crippen LogP contribution in [0, 0.1) is 0 Å². The largest absolute Gasteiger partial charge is 0.490 e. The molecule has 1 atom stereocenters. The van der Waals surface area contributed by atoms with Crippen molar-refractivity contribution in [3.05, 3.63) is 138 Å². The first kappa shape index (κ1) is 31.0. The van der Waals surface area contributed by atoms with Gasteiger partial charge < -0.3 is 14.2 Å². The van der Waals surface area contributed by atoms with E-state index >= 15 is 0 Å². The number of halogens is 1. The lowest BCUT2D eigenvalue weighted by Crippen LogP contribution is -2.39. The molecule has 1 aliphatic heterocycles. The summed E-state index contributed by atoms with van der Waals surface area (Å²) < 4.78 is 19.7. The van der Waals surface area contributed by atoms with Crippen LogP contribution in [0.15, 0.2) is 100 Å². The number of thiazole rings is 1. The van der Waals surface area contributed by atoms with Crippen molar-refractivity contribution in [2.45, 2.75) is 39.8 Å². The van der Waals surface area contributed by atoms with E-state index in [0.717, 1.165) is 22.3 Å². The molecule has 2 heterocycles. The molecule has 1 aromatic heterocycles. The monoisotopic (exact) mass is 628 g/mol. The molecule has 0 amide bonds. The molecule has 0 saturated carbocycles. The van der Waals surface area contributed by atoms with E-state index in [1.807, 2.05) is 79.7 Å². The number of benzene rings is 3. The maximum atomic E-state index is 14.0. The summed E-state index contributed by atoms with van der Waals surface area (Å²) in [7, 11) is 0. The lowest BCUT2D eigenvalue weighted by molar-refractivity contribution is -0.139. The summed E-state index contributed by atoms with van der Waals surface area (Å²) in [5.41, 5.74) is 3.90. The van der Waals surface area contributed by atoms with Crippen LogP contribution in [0.5, 0.6) is 11.5 Å². The van der Waals surface area contributed by atoms with E-state index in [9.17, 15) is 9.59 Å². The van der Waals surface area contributed by atoms with E-state index in [1.165, 1.54) is 11.3 Å². The van der Waals surface area contributed by atoms with Crippen molar-refractivity contribution in [2.75, 3.05) is 13.2 Å². The van der Waals surface area contributed by atoms with Gasteiger partial charge in [-0.1, -0.05) is 77.5 Å². The molecule has 226 valence electrons. The van der Waals surface area contributed by atoms with E-state index < -0.39 is 12.0 Å². The molecule has 0 aliphatic carbocycles. The van der Waals surface area contributed by atoms with Crippen molar-refractivity contribution in [3.63, 3.8) is 0 Å². The van der Waals surface area contributed by atoms with Crippen LogP contribution in [0.4, 0.5) is 0 Å². The molecule has 0 bridgehead atoms. The highest BCUT2D eigenvalue weighted by atomic mass is 35.5. The van der Waals surface area contributed by atoms with Crippen molar-refractivity contribution in [1.82, 2.24) is 4.57 Å². The molecule has 0 spiro atoms. The number of allylic oxidation sites excluding steroid dienone is 2. The third kappa shape index (κ3) is 6.42. The van der Waals surface area contributed by atoms with Gasteiger partial charge in [0.2, 0.25) is 0 Å². The van der Waals surface area contributed by atoms with E-state index in [1.54, 1.807) is 24.5 Å². The highest BCUT2D eigenvalue weighted by Crippen LogP contribution is 2.35. The summed E-state index contributed by atoms with van der Waals surface area (Å²) in [6.45, 7) is 10.3. The zero-order chi connectivity index (χ0) is 31.2. The Hall–Kier alpha value is -4.40. The third-order valence-corrected chi connectivity index (χ3v) is 8.43. The number of carbonyl (C=O) groups excluding carboxylic acids is 1. The molecular weight excluding hydrogens is 596 g/mol. The number of hydrogen-bond donors (Lipinski definition) is 0. The number of rotatable bonds is 11. The minimum atomic E-state index is -0.662. The van der Waals surface area contributed by atoms with Crippen LogP contribution in [0.25, 0.3) is 6.08 Å².